The number of hydrogen-bond acceptors (Lipinski definition) is 6. The lowest BCUT2D eigenvalue weighted by molar-refractivity contribution is -0.136. The summed E-state index contributed by atoms with van der Waals surface area (Å²) in [5, 5.41) is -0.391. The van der Waals surface area contributed by atoms with Crippen molar-refractivity contribution in [3.05, 3.63) is 64.5 Å². The lowest BCUT2D eigenvalue weighted by atomic mass is 10.1. The summed E-state index contributed by atoms with van der Waals surface area (Å²) in [6.45, 7) is 2.18. The van der Waals surface area contributed by atoms with Gasteiger partial charge in [-0.15, -0.1) is 0 Å². The Bertz CT molecular complexity index is 1160. The Hall–Kier alpha value is -3.01. The molecule has 3 rings (SSSR count). The minimum atomic E-state index is -4.77. The van der Waals surface area contributed by atoms with Crippen LogP contribution in [0.3, 0.4) is 0 Å². The van der Waals surface area contributed by atoms with Crippen molar-refractivity contribution in [1.29, 1.82) is 0 Å². The van der Waals surface area contributed by atoms with Gasteiger partial charge in [0.2, 0.25) is 0 Å². The van der Waals surface area contributed by atoms with Gasteiger partial charge in [0.1, 0.15) is 22.0 Å². The fourth-order valence-electron chi connectivity index (χ4n) is 2.47. The molecule has 28 heavy (non-hydrogen) atoms. The van der Waals surface area contributed by atoms with Crippen LogP contribution in [0.15, 0.2) is 62.6 Å². The molecule has 1 aromatic heterocycles. The third-order valence-corrected chi connectivity index (χ3v) is 4.91. The van der Waals surface area contributed by atoms with Crippen LogP contribution in [-0.2, 0) is 16.3 Å². The summed E-state index contributed by atoms with van der Waals surface area (Å²) in [6, 6.07) is 8.68. The van der Waals surface area contributed by atoms with E-state index in [1.165, 1.54) is 24.3 Å². The molecular weight excluding hydrogens is 401 g/mol. The van der Waals surface area contributed by atoms with E-state index in [4.69, 9.17) is 13.3 Å². The zero-order valence-electron chi connectivity index (χ0n) is 14.3. The number of rotatable bonds is 5. The van der Waals surface area contributed by atoms with Crippen molar-refractivity contribution in [1.82, 2.24) is 0 Å². The minimum Gasteiger partial charge on any atom is -0.494 e. The van der Waals surface area contributed by atoms with Gasteiger partial charge < -0.3 is 13.3 Å². The molecule has 0 saturated heterocycles. The maximum absolute atomic E-state index is 13.1. The molecule has 0 atom stereocenters. The summed E-state index contributed by atoms with van der Waals surface area (Å²) >= 11 is 0. The molecule has 0 aliphatic heterocycles. The van der Waals surface area contributed by atoms with Crippen LogP contribution in [0, 0.1) is 0 Å². The zero-order chi connectivity index (χ0) is 20.5. The number of benzene rings is 2. The normalized spacial score (nSPS) is 12.1. The van der Waals surface area contributed by atoms with Gasteiger partial charge in [0.25, 0.3) is 0 Å². The number of alkyl halides is 3. The Kier molecular flexibility index (Phi) is 5.07. The van der Waals surface area contributed by atoms with E-state index in [0.29, 0.717) is 18.4 Å². The average molecular weight is 414 g/mol. The number of ether oxygens (including phenoxy) is 1. The molecule has 0 amide bonds. The number of halogens is 3. The van der Waals surface area contributed by atoms with Crippen LogP contribution in [0.4, 0.5) is 13.2 Å². The molecule has 0 bridgehead atoms. The van der Waals surface area contributed by atoms with Crippen molar-refractivity contribution in [2.45, 2.75) is 18.0 Å². The molecule has 148 valence electrons. The summed E-state index contributed by atoms with van der Waals surface area (Å²) in [7, 11) is -4.26. The Morgan fingerprint density at radius 2 is 1.64 bits per heavy atom. The first-order valence-electron chi connectivity index (χ1n) is 7.92. The van der Waals surface area contributed by atoms with Crippen LogP contribution in [0.25, 0.3) is 11.0 Å². The lowest BCUT2D eigenvalue weighted by Gasteiger charge is -2.11. The van der Waals surface area contributed by atoms with E-state index < -0.39 is 38.5 Å². The van der Waals surface area contributed by atoms with Gasteiger partial charge in [0.05, 0.1) is 12.2 Å². The number of fused-ring (bicyclic) bond motifs is 1. The van der Waals surface area contributed by atoms with Crippen LogP contribution in [0.1, 0.15) is 12.5 Å². The summed E-state index contributed by atoms with van der Waals surface area (Å²) in [4.78, 5) is 11.2. The van der Waals surface area contributed by atoms with E-state index in [1.807, 2.05) is 0 Å². The molecule has 0 N–H and O–H groups in total. The highest BCUT2D eigenvalue weighted by Gasteiger charge is 2.34. The quantitative estimate of drug-likeness (QED) is 0.464. The Morgan fingerprint density at radius 3 is 2.25 bits per heavy atom. The van der Waals surface area contributed by atoms with Crippen molar-refractivity contribution >= 4 is 21.1 Å². The van der Waals surface area contributed by atoms with Crippen molar-refractivity contribution in [3.63, 3.8) is 0 Å². The second-order valence-electron chi connectivity index (χ2n) is 5.58. The summed E-state index contributed by atoms with van der Waals surface area (Å²) < 4.78 is 78.8. The van der Waals surface area contributed by atoms with E-state index in [2.05, 4.69) is 0 Å². The summed E-state index contributed by atoms with van der Waals surface area (Å²) in [5.41, 5.74) is -2.84. The van der Waals surface area contributed by atoms with E-state index in [9.17, 15) is 26.4 Å². The minimum absolute atomic E-state index is 0.179. The highest BCUT2D eigenvalue weighted by atomic mass is 32.2. The number of hydrogen-bond donors (Lipinski definition) is 0. The Balaban J connectivity index is 1.97. The predicted molar refractivity (Wildman–Crippen MR) is 92.9 cm³/mol. The van der Waals surface area contributed by atoms with Crippen molar-refractivity contribution in [2.75, 3.05) is 6.61 Å². The molecule has 0 unspecified atom stereocenters. The smallest absolute Gasteiger partial charge is 0.417 e. The average Bonchev–Trinajstić information content (AvgIpc) is 2.60. The van der Waals surface area contributed by atoms with Gasteiger partial charge >= 0.3 is 21.9 Å². The highest BCUT2D eigenvalue weighted by Crippen LogP contribution is 2.35. The van der Waals surface area contributed by atoms with Gasteiger partial charge in [0, 0.05) is 17.5 Å². The first-order chi connectivity index (χ1) is 13.1. The lowest BCUT2D eigenvalue weighted by Crippen LogP contribution is -2.12. The van der Waals surface area contributed by atoms with Crippen LogP contribution < -0.4 is 14.5 Å². The Labute approximate surface area is 157 Å². The Morgan fingerprint density at radius 1 is 1.00 bits per heavy atom. The molecule has 0 radical (unpaired) electrons. The third kappa shape index (κ3) is 4.11. The molecule has 1 heterocycles. The van der Waals surface area contributed by atoms with Gasteiger partial charge in [-0.1, -0.05) is 0 Å². The molecule has 0 aliphatic rings. The topological polar surface area (TPSA) is 82.8 Å². The molecule has 3 aromatic rings. The van der Waals surface area contributed by atoms with Gasteiger partial charge in [-0.25, -0.2) is 4.79 Å². The monoisotopic (exact) mass is 414 g/mol. The van der Waals surface area contributed by atoms with Crippen molar-refractivity contribution in [3.8, 4) is 11.5 Å². The molecule has 0 saturated carbocycles. The second kappa shape index (κ2) is 7.19. The maximum Gasteiger partial charge on any atom is 0.417 e. The first kappa shape index (κ1) is 19.7. The maximum atomic E-state index is 13.1. The highest BCUT2D eigenvalue weighted by molar-refractivity contribution is 7.87. The van der Waals surface area contributed by atoms with Crippen LogP contribution >= 0.6 is 0 Å². The largest absolute Gasteiger partial charge is 0.494 e. The van der Waals surface area contributed by atoms with Crippen LogP contribution in [-0.4, -0.2) is 15.0 Å². The standard InChI is InChI=1S/C18H13F3O6S/c1-2-25-11-3-6-13(7-4-11)28(23,24)27-12-5-8-14-15(18(19,20)21)10-17(22)26-16(14)9-12/h3-10H,2H2,1H3. The third-order valence-electron chi connectivity index (χ3n) is 3.65. The molecule has 0 spiro atoms. The molecular formula is C18H13F3O6S. The second-order valence-corrected chi connectivity index (χ2v) is 7.12. The van der Waals surface area contributed by atoms with E-state index >= 15 is 0 Å². The van der Waals surface area contributed by atoms with Crippen molar-refractivity contribution in [2.24, 2.45) is 0 Å². The van der Waals surface area contributed by atoms with Crippen LogP contribution in [0.2, 0.25) is 0 Å². The van der Waals surface area contributed by atoms with Crippen LogP contribution in [0.5, 0.6) is 11.5 Å². The molecule has 6 nitrogen and oxygen atoms in total. The van der Waals surface area contributed by atoms with Gasteiger partial charge in [-0.2, -0.15) is 21.6 Å². The van der Waals surface area contributed by atoms with E-state index in [-0.39, 0.29) is 10.6 Å². The fourth-order valence-corrected chi connectivity index (χ4v) is 3.40. The summed E-state index contributed by atoms with van der Waals surface area (Å²) in [5.74, 6) is 0.164. The van der Waals surface area contributed by atoms with Gasteiger partial charge in [-0.3, -0.25) is 0 Å². The van der Waals surface area contributed by atoms with Crippen molar-refractivity contribution < 1.29 is 34.9 Å². The fraction of sp³-hybridized carbons (Fsp3) is 0.167. The zero-order valence-corrected chi connectivity index (χ0v) is 15.1. The molecule has 0 fully saturated rings. The molecule has 10 heteroatoms. The van der Waals surface area contributed by atoms with E-state index in [0.717, 1.165) is 18.2 Å². The summed E-state index contributed by atoms with van der Waals surface area (Å²) in [6.07, 6.45) is -4.77. The molecule has 0 aliphatic carbocycles. The van der Waals surface area contributed by atoms with Gasteiger partial charge in [0.15, 0.2) is 0 Å². The first-order valence-corrected chi connectivity index (χ1v) is 9.33. The van der Waals surface area contributed by atoms with E-state index in [1.54, 1.807) is 6.92 Å². The van der Waals surface area contributed by atoms with Gasteiger partial charge in [-0.05, 0) is 43.3 Å². The molecule has 2 aromatic carbocycles. The SMILES string of the molecule is CCOc1ccc(S(=O)(=O)Oc2ccc3c(C(F)(F)F)cc(=O)oc3c2)cc1. The predicted octanol–water partition coefficient (Wildman–Crippen LogP) is 3.98.